The Balaban J connectivity index is 3.90. The van der Waals surface area contributed by atoms with E-state index < -0.39 is 12.2 Å². The van der Waals surface area contributed by atoms with Gasteiger partial charge in [-0.15, -0.1) is 0 Å². The molecule has 0 rings (SSSR count). The van der Waals surface area contributed by atoms with E-state index in [1.807, 2.05) is 0 Å². The molecule has 0 amide bonds. The maximum absolute atomic E-state index is 10.3. The van der Waals surface area contributed by atoms with Crippen molar-refractivity contribution in [1.82, 2.24) is 0 Å². The number of ether oxygens (including phenoxy) is 1. The first kappa shape index (κ1) is 9.04. The number of rotatable bonds is 2. The van der Waals surface area contributed by atoms with E-state index in [2.05, 4.69) is 16.5 Å². The minimum absolute atomic E-state index is 0.109. The summed E-state index contributed by atoms with van der Waals surface area (Å²) in [6.07, 6.45) is 0. The molecule has 0 fully saturated rings. The lowest BCUT2D eigenvalue weighted by Crippen LogP contribution is -2.01. The molecule has 2 N–H and O–H groups in total. The fraction of sp³-hybridized carbons (Fsp3) is 0.667. The zero-order chi connectivity index (χ0) is 7.49. The summed E-state index contributed by atoms with van der Waals surface area (Å²) in [5.74, 6) is 0. The lowest BCUT2D eigenvalue weighted by molar-refractivity contribution is 0.174. The molecule has 0 bridgehead atoms. The molecular formula is C3H7O4PS. The van der Waals surface area contributed by atoms with Gasteiger partial charge in [0.2, 0.25) is 0 Å². The predicted octanol–water partition coefficient (Wildman–Crippen LogP) is 0.437. The predicted molar refractivity (Wildman–Crippen MR) is 35.7 cm³/mol. The first-order valence-electron chi connectivity index (χ1n) is 2.21. The van der Waals surface area contributed by atoms with Gasteiger partial charge in [-0.05, 0) is 18.7 Å². The Morgan fingerprint density at radius 1 is 1.78 bits per heavy atom. The van der Waals surface area contributed by atoms with E-state index in [1.54, 1.807) is 6.92 Å². The molecule has 4 nitrogen and oxygen atoms in total. The summed E-state index contributed by atoms with van der Waals surface area (Å²) in [5, 5.41) is 0. The molecule has 0 aliphatic rings. The maximum atomic E-state index is 10.3. The van der Waals surface area contributed by atoms with Crippen LogP contribution in [-0.2, 0) is 16.5 Å². The third-order valence-electron chi connectivity index (χ3n) is 0.506. The van der Waals surface area contributed by atoms with Gasteiger partial charge in [0.15, 0.2) is 0 Å². The molecule has 0 aromatic heterocycles. The Hall–Kier alpha value is 0.0400. The average molecular weight is 170 g/mol. The van der Waals surface area contributed by atoms with Gasteiger partial charge in [-0.2, -0.15) is 0 Å². The minimum Gasteiger partial charge on any atom is -0.459 e. The summed E-state index contributed by atoms with van der Waals surface area (Å²) in [4.78, 5) is 27.1. The Morgan fingerprint density at radius 2 is 2.22 bits per heavy atom. The van der Waals surface area contributed by atoms with Gasteiger partial charge in [0.25, 0.3) is 6.49 Å². The third-order valence-corrected chi connectivity index (χ3v) is 1.56. The van der Waals surface area contributed by atoms with Gasteiger partial charge in [0, 0.05) is 0 Å². The normalized spacial score (nSPS) is 11.0. The quantitative estimate of drug-likeness (QED) is 0.588. The van der Waals surface area contributed by atoms with E-state index in [9.17, 15) is 4.79 Å². The summed E-state index contributed by atoms with van der Waals surface area (Å²) in [5.41, 5.74) is -1.10. The Morgan fingerprint density at radius 3 is 2.33 bits per heavy atom. The van der Waals surface area contributed by atoms with Gasteiger partial charge in [-0.1, -0.05) is 0 Å². The van der Waals surface area contributed by atoms with Crippen molar-refractivity contribution < 1.29 is 19.3 Å². The molecule has 0 atom stereocenters. The second kappa shape index (κ2) is 3.27. The second-order valence-corrected chi connectivity index (χ2v) is 4.22. The van der Waals surface area contributed by atoms with E-state index in [1.165, 1.54) is 0 Å². The van der Waals surface area contributed by atoms with Crippen molar-refractivity contribution in [3.63, 3.8) is 0 Å². The Labute approximate surface area is 57.6 Å². The molecular weight excluding hydrogens is 163 g/mol. The highest BCUT2D eigenvalue weighted by atomic mass is 32.5. The van der Waals surface area contributed by atoms with Crippen LogP contribution in [0, 0.1) is 0 Å². The molecule has 54 valence electrons. The number of carbonyl (C=O) groups excluding carboxylic acids is 1. The topological polar surface area (TPSA) is 66.8 Å². The molecule has 6 heteroatoms. The highest BCUT2D eigenvalue weighted by Crippen LogP contribution is 2.37. The molecule has 0 spiro atoms. The van der Waals surface area contributed by atoms with E-state index in [0.717, 1.165) is 0 Å². The summed E-state index contributed by atoms with van der Waals surface area (Å²) in [6.45, 7) is -2.13. The fourth-order valence-corrected chi connectivity index (χ4v) is 0.663. The minimum atomic E-state index is -3.80. The molecule has 0 aliphatic heterocycles. The van der Waals surface area contributed by atoms with E-state index >= 15 is 0 Å². The zero-order valence-electron chi connectivity index (χ0n) is 4.77. The first-order valence-corrected chi connectivity index (χ1v) is 4.92. The molecule has 0 aromatic rings. The SMILES string of the molecule is CCOC(=O)P(O)(O)=S. The van der Waals surface area contributed by atoms with Gasteiger partial charge in [0.1, 0.15) is 0 Å². The Kier molecular flexibility index (Phi) is 3.28. The van der Waals surface area contributed by atoms with Crippen LogP contribution in [0.5, 0.6) is 0 Å². The van der Waals surface area contributed by atoms with E-state index in [0.29, 0.717) is 0 Å². The van der Waals surface area contributed by atoms with Crippen molar-refractivity contribution in [3.05, 3.63) is 0 Å². The smallest absolute Gasteiger partial charge is 0.390 e. The Bertz CT molecular complexity index is 150. The molecule has 0 saturated carbocycles. The van der Waals surface area contributed by atoms with Crippen LogP contribution in [0.4, 0.5) is 4.79 Å². The second-order valence-electron chi connectivity index (χ2n) is 1.24. The largest absolute Gasteiger partial charge is 0.459 e. The first-order chi connectivity index (χ1) is 3.98. The van der Waals surface area contributed by atoms with Gasteiger partial charge >= 0.3 is 5.71 Å². The monoisotopic (exact) mass is 170 g/mol. The average Bonchev–Trinajstić information content (AvgIpc) is 1.64. The van der Waals surface area contributed by atoms with Crippen molar-refractivity contribution >= 4 is 24.0 Å². The van der Waals surface area contributed by atoms with E-state index in [4.69, 9.17) is 9.79 Å². The molecule has 0 aromatic carbocycles. The van der Waals surface area contributed by atoms with Crippen molar-refractivity contribution in [2.75, 3.05) is 6.61 Å². The third kappa shape index (κ3) is 3.59. The van der Waals surface area contributed by atoms with Crippen LogP contribution < -0.4 is 0 Å². The number of carbonyl (C=O) groups is 1. The maximum Gasteiger partial charge on any atom is 0.390 e. The standard InChI is InChI=1S/C3H7O4PS/c1-2-7-3(4)8(5,6)9/h2H2,1H3,(H2,5,6,9). The summed E-state index contributed by atoms with van der Waals surface area (Å²) in [6, 6.07) is 0. The van der Waals surface area contributed by atoms with Gasteiger partial charge in [-0.25, -0.2) is 4.79 Å². The van der Waals surface area contributed by atoms with Crippen molar-refractivity contribution in [3.8, 4) is 0 Å². The molecule has 9 heavy (non-hydrogen) atoms. The van der Waals surface area contributed by atoms with Crippen LogP contribution in [0.1, 0.15) is 6.92 Å². The lowest BCUT2D eigenvalue weighted by atomic mass is 10.9. The van der Waals surface area contributed by atoms with Crippen LogP contribution in [0.25, 0.3) is 0 Å². The van der Waals surface area contributed by atoms with Crippen LogP contribution >= 0.6 is 6.49 Å². The fourth-order valence-electron chi connectivity index (χ4n) is 0.208. The van der Waals surface area contributed by atoms with Gasteiger partial charge in [0.05, 0.1) is 6.61 Å². The van der Waals surface area contributed by atoms with Crippen LogP contribution in [0.3, 0.4) is 0 Å². The number of hydrogen-bond donors (Lipinski definition) is 2. The van der Waals surface area contributed by atoms with Crippen molar-refractivity contribution in [2.24, 2.45) is 0 Å². The lowest BCUT2D eigenvalue weighted by Gasteiger charge is -2.03. The summed E-state index contributed by atoms with van der Waals surface area (Å²) in [7, 11) is 0. The zero-order valence-corrected chi connectivity index (χ0v) is 6.48. The summed E-state index contributed by atoms with van der Waals surface area (Å²) >= 11 is 4.02. The van der Waals surface area contributed by atoms with Gasteiger partial charge in [-0.3, -0.25) is 0 Å². The number of hydrogen-bond acceptors (Lipinski definition) is 3. The van der Waals surface area contributed by atoms with Crippen LogP contribution in [0.15, 0.2) is 0 Å². The molecule has 0 aliphatic carbocycles. The molecule has 0 radical (unpaired) electrons. The molecule has 0 unspecified atom stereocenters. The van der Waals surface area contributed by atoms with Crippen molar-refractivity contribution in [1.29, 1.82) is 0 Å². The van der Waals surface area contributed by atoms with Crippen LogP contribution in [0.2, 0.25) is 0 Å². The van der Waals surface area contributed by atoms with Crippen molar-refractivity contribution in [2.45, 2.75) is 6.92 Å². The van der Waals surface area contributed by atoms with Crippen LogP contribution in [-0.4, -0.2) is 22.1 Å². The highest BCUT2D eigenvalue weighted by molar-refractivity contribution is 8.16. The summed E-state index contributed by atoms with van der Waals surface area (Å²) < 4.78 is 4.21. The molecule has 0 saturated heterocycles. The molecule has 0 heterocycles. The highest BCUT2D eigenvalue weighted by Gasteiger charge is 2.20. The van der Waals surface area contributed by atoms with Gasteiger partial charge < -0.3 is 14.5 Å². The van der Waals surface area contributed by atoms with E-state index in [-0.39, 0.29) is 6.61 Å².